The van der Waals surface area contributed by atoms with Crippen LogP contribution < -0.4 is 20.4 Å². The summed E-state index contributed by atoms with van der Waals surface area (Å²) in [5.41, 5.74) is 0.137. The zero-order valence-electron chi connectivity index (χ0n) is 20.3. The zero-order valence-corrected chi connectivity index (χ0v) is 20.3. The average Bonchev–Trinajstić information content (AvgIpc) is 2.89. The summed E-state index contributed by atoms with van der Waals surface area (Å²) in [6.45, 7) is 7.17. The summed E-state index contributed by atoms with van der Waals surface area (Å²) in [7, 11) is 1.34. The van der Waals surface area contributed by atoms with E-state index in [-0.39, 0.29) is 17.6 Å². The normalized spacial score (nSPS) is 14.4. The molecule has 1 aliphatic heterocycles. The first-order valence-electron chi connectivity index (χ1n) is 11.6. The molecule has 0 atom stereocenters. The fraction of sp³-hybridized carbons (Fsp3) is 0.333. The number of piperazine rings is 1. The molecule has 4 rings (SSSR count). The second-order valence-electron chi connectivity index (χ2n) is 8.38. The molecule has 0 saturated carbocycles. The highest BCUT2D eigenvalue weighted by atomic mass is 19.4. The van der Waals surface area contributed by atoms with Crippen molar-refractivity contribution in [3.63, 3.8) is 0 Å². The summed E-state index contributed by atoms with van der Waals surface area (Å²) in [6.07, 6.45) is -3.69. The molecule has 13 heteroatoms. The predicted molar refractivity (Wildman–Crippen MR) is 133 cm³/mol. The lowest BCUT2D eigenvalue weighted by molar-refractivity contribution is -0.139. The molecule has 0 radical (unpaired) electrons. The molecule has 2 amide bonds. The molecular formula is C24H26F4N8O. The van der Waals surface area contributed by atoms with Crippen LogP contribution in [0.2, 0.25) is 0 Å². The van der Waals surface area contributed by atoms with Gasteiger partial charge in [0.1, 0.15) is 12.1 Å². The molecule has 1 saturated heterocycles. The summed E-state index contributed by atoms with van der Waals surface area (Å²) in [6, 6.07) is 9.18. The molecule has 196 valence electrons. The summed E-state index contributed by atoms with van der Waals surface area (Å²) in [5.74, 6) is -1.30. The van der Waals surface area contributed by atoms with Crippen LogP contribution >= 0.6 is 0 Å². The number of benzene rings is 2. The SMILES string of the molecule is CCN1CCN(c2ccc(Nc3ncnc(N(C)C(=O)Nc4ccc(F)c(C(F)(F)F)c4)n3)cc2)CC1. The van der Waals surface area contributed by atoms with Crippen LogP contribution in [-0.4, -0.2) is 65.7 Å². The first kappa shape index (κ1) is 26.1. The molecule has 2 aromatic carbocycles. The van der Waals surface area contributed by atoms with E-state index in [1.54, 1.807) is 0 Å². The molecule has 37 heavy (non-hydrogen) atoms. The zero-order chi connectivity index (χ0) is 26.6. The molecule has 0 unspecified atom stereocenters. The van der Waals surface area contributed by atoms with Crippen molar-refractivity contribution in [2.75, 3.05) is 60.2 Å². The van der Waals surface area contributed by atoms with Gasteiger partial charge in [-0.3, -0.25) is 4.90 Å². The number of amides is 2. The molecule has 2 heterocycles. The lowest BCUT2D eigenvalue weighted by Crippen LogP contribution is -2.46. The van der Waals surface area contributed by atoms with Gasteiger partial charge in [0.2, 0.25) is 11.9 Å². The lowest BCUT2D eigenvalue weighted by atomic mass is 10.2. The van der Waals surface area contributed by atoms with Gasteiger partial charge in [-0.25, -0.2) is 19.2 Å². The van der Waals surface area contributed by atoms with Crippen molar-refractivity contribution in [2.24, 2.45) is 0 Å². The van der Waals surface area contributed by atoms with Gasteiger partial charge in [-0.15, -0.1) is 0 Å². The third kappa shape index (κ3) is 6.42. The number of nitrogens with zero attached hydrogens (tertiary/aromatic N) is 6. The molecule has 0 bridgehead atoms. The van der Waals surface area contributed by atoms with Gasteiger partial charge in [-0.1, -0.05) is 6.92 Å². The maximum Gasteiger partial charge on any atom is 0.419 e. The summed E-state index contributed by atoms with van der Waals surface area (Å²) < 4.78 is 52.4. The minimum Gasteiger partial charge on any atom is -0.369 e. The molecule has 1 aromatic heterocycles. The van der Waals surface area contributed by atoms with E-state index >= 15 is 0 Å². The standard InChI is InChI=1S/C24H26F4N8O/c1-3-35-10-12-36(13-11-35)18-7-4-16(5-8-18)31-21-29-15-30-22(33-21)34(2)23(37)32-17-6-9-20(25)19(14-17)24(26,27)28/h4-9,14-15H,3,10-13H2,1-2H3,(H,32,37)(H,29,30,31,33). The number of anilines is 5. The Labute approximate surface area is 211 Å². The molecule has 3 aromatic rings. The van der Waals surface area contributed by atoms with Crippen molar-refractivity contribution in [3.8, 4) is 0 Å². The minimum atomic E-state index is -4.90. The summed E-state index contributed by atoms with van der Waals surface area (Å²) >= 11 is 0. The largest absolute Gasteiger partial charge is 0.419 e. The third-order valence-electron chi connectivity index (χ3n) is 5.99. The number of hydrogen-bond donors (Lipinski definition) is 2. The quantitative estimate of drug-likeness (QED) is 0.462. The van der Waals surface area contributed by atoms with Crippen molar-refractivity contribution >= 4 is 35.0 Å². The Kier molecular flexibility index (Phi) is 7.71. The van der Waals surface area contributed by atoms with Crippen LogP contribution in [0.3, 0.4) is 0 Å². The lowest BCUT2D eigenvalue weighted by Gasteiger charge is -2.35. The number of urea groups is 1. The number of rotatable bonds is 6. The predicted octanol–water partition coefficient (Wildman–Crippen LogP) is 4.58. The third-order valence-corrected chi connectivity index (χ3v) is 5.99. The number of carbonyl (C=O) groups is 1. The van der Waals surface area contributed by atoms with E-state index in [1.807, 2.05) is 24.3 Å². The second-order valence-corrected chi connectivity index (χ2v) is 8.38. The Balaban J connectivity index is 1.39. The smallest absolute Gasteiger partial charge is 0.369 e. The Hall–Kier alpha value is -4.00. The fourth-order valence-electron chi connectivity index (χ4n) is 3.83. The molecule has 9 nitrogen and oxygen atoms in total. The number of hydrogen-bond acceptors (Lipinski definition) is 7. The van der Waals surface area contributed by atoms with Gasteiger partial charge in [0.05, 0.1) is 5.56 Å². The van der Waals surface area contributed by atoms with Gasteiger partial charge >= 0.3 is 12.2 Å². The van der Waals surface area contributed by atoms with E-state index in [0.29, 0.717) is 12.1 Å². The molecule has 2 N–H and O–H groups in total. The molecular weight excluding hydrogens is 492 g/mol. The molecule has 0 spiro atoms. The Bertz CT molecular complexity index is 1230. The van der Waals surface area contributed by atoms with E-state index in [4.69, 9.17) is 0 Å². The minimum absolute atomic E-state index is 0.0430. The Morgan fingerprint density at radius 1 is 1.03 bits per heavy atom. The van der Waals surface area contributed by atoms with Gasteiger partial charge in [-0.05, 0) is 49.0 Å². The van der Waals surface area contributed by atoms with Crippen LogP contribution in [0.5, 0.6) is 0 Å². The maximum atomic E-state index is 13.5. The van der Waals surface area contributed by atoms with Gasteiger partial charge in [0.25, 0.3) is 0 Å². The van der Waals surface area contributed by atoms with Crippen LogP contribution in [-0.2, 0) is 6.18 Å². The van der Waals surface area contributed by atoms with Crippen molar-refractivity contribution < 1.29 is 22.4 Å². The highest BCUT2D eigenvalue weighted by Crippen LogP contribution is 2.33. The number of halogens is 4. The summed E-state index contributed by atoms with van der Waals surface area (Å²) in [5, 5.41) is 5.34. The van der Waals surface area contributed by atoms with Gasteiger partial charge in [0.15, 0.2) is 0 Å². The first-order valence-corrected chi connectivity index (χ1v) is 11.6. The second kappa shape index (κ2) is 10.9. The first-order chi connectivity index (χ1) is 17.6. The van der Waals surface area contributed by atoms with Crippen LogP contribution in [0.15, 0.2) is 48.8 Å². The monoisotopic (exact) mass is 518 g/mol. The van der Waals surface area contributed by atoms with E-state index in [0.717, 1.165) is 55.1 Å². The highest BCUT2D eigenvalue weighted by Gasteiger charge is 2.34. The molecule has 1 fully saturated rings. The number of carbonyl (C=O) groups excluding carboxylic acids is 1. The number of alkyl halides is 3. The average molecular weight is 519 g/mol. The van der Waals surface area contributed by atoms with E-state index < -0.39 is 23.6 Å². The Morgan fingerprint density at radius 3 is 2.35 bits per heavy atom. The van der Waals surface area contributed by atoms with Crippen molar-refractivity contribution in [3.05, 3.63) is 60.2 Å². The van der Waals surface area contributed by atoms with Crippen LogP contribution in [0, 0.1) is 5.82 Å². The van der Waals surface area contributed by atoms with E-state index in [1.165, 1.54) is 13.4 Å². The highest BCUT2D eigenvalue weighted by molar-refractivity contribution is 6.00. The summed E-state index contributed by atoms with van der Waals surface area (Å²) in [4.78, 5) is 30.5. The van der Waals surface area contributed by atoms with Crippen LogP contribution in [0.1, 0.15) is 12.5 Å². The van der Waals surface area contributed by atoms with Crippen molar-refractivity contribution in [2.45, 2.75) is 13.1 Å². The molecule has 1 aliphatic rings. The Morgan fingerprint density at radius 2 is 1.70 bits per heavy atom. The molecule has 0 aliphatic carbocycles. The van der Waals surface area contributed by atoms with Gasteiger partial charge in [0, 0.05) is 50.3 Å². The van der Waals surface area contributed by atoms with Crippen LogP contribution in [0.4, 0.5) is 51.3 Å². The van der Waals surface area contributed by atoms with Gasteiger partial charge < -0.3 is 20.4 Å². The van der Waals surface area contributed by atoms with Crippen molar-refractivity contribution in [1.29, 1.82) is 0 Å². The number of aromatic nitrogens is 3. The van der Waals surface area contributed by atoms with Gasteiger partial charge in [-0.2, -0.15) is 18.2 Å². The number of nitrogens with one attached hydrogen (secondary N) is 2. The van der Waals surface area contributed by atoms with Crippen molar-refractivity contribution in [1.82, 2.24) is 19.9 Å². The fourth-order valence-corrected chi connectivity index (χ4v) is 3.83. The maximum absolute atomic E-state index is 13.5. The number of likely N-dealkylation sites (N-methyl/N-ethyl adjacent to an activating group) is 1. The van der Waals surface area contributed by atoms with E-state index in [9.17, 15) is 22.4 Å². The van der Waals surface area contributed by atoms with Crippen LogP contribution in [0.25, 0.3) is 0 Å². The topological polar surface area (TPSA) is 89.5 Å². The van der Waals surface area contributed by atoms with E-state index in [2.05, 4.69) is 42.3 Å².